The molecule has 156 valence electrons. The summed E-state index contributed by atoms with van der Waals surface area (Å²) in [6.45, 7) is 3.72. The minimum atomic E-state index is 0.0130. The summed E-state index contributed by atoms with van der Waals surface area (Å²) in [6.07, 6.45) is 1.64. The third kappa shape index (κ3) is 4.28. The summed E-state index contributed by atoms with van der Waals surface area (Å²) >= 11 is 1.63. The van der Waals surface area contributed by atoms with E-state index in [1.807, 2.05) is 42.5 Å². The van der Waals surface area contributed by atoms with Gasteiger partial charge in [0.2, 0.25) is 5.91 Å². The molecule has 0 saturated carbocycles. The number of nitrogens with zero attached hydrogens (tertiary/aromatic N) is 4. The van der Waals surface area contributed by atoms with Crippen molar-refractivity contribution in [2.45, 2.75) is 0 Å². The lowest BCUT2D eigenvalue weighted by molar-refractivity contribution is -0.117. The molecular weight excluding hydrogens is 406 g/mol. The fraction of sp³-hybridized carbons (Fsp3) is 0.208. The van der Waals surface area contributed by atoms with Crippen LogP contribution >= 0.6 is 11.3 Å². The molecule has 1 N–H and O–H groups in total. The number of para-hydroxylation sites is 1. The Balaban J connectivity index is 1.21. The van der Waals surface area contributed by atoms with Crippen molar-refractivity contribution in [1.82, 2.24) is 14.9 Å². The molecular formula is C24H23N5OS. The number of piperazine rings is 1. The predicted octanol–water partition coefficient (Wildman–Crippen LogP) is 4.12. The Morgan fingerprint density at radius 3 is 2.55 bits per heavy atom. The molecule has 0 radical (unpaired) electrons. The summed E-state index contributed by atoms with van der Waals surface area (Å²) < 4.78 is 0. The van der Waals surface area contributed by atoms with E-state index in [1.165, 1.54) is 0 Å². The molecule has 1 saturated heterocycles. The molecule has 1 fully saturated rings. The maximum atomic E-state index is 12.8. The van der Waals surface area contributed by atoms with Crippen molar-refractivity contribution >= 4 is 39.0 Å². The average Bonchev–Trinajstić information content (AvgIpc) is 3.30. The van der Waals surface area contributed by atoms with E-state index in [0.29, 0.717) is 6.54 Å². The third-order valence-electron chi connectivity index (χ3n) is 5.57. The zero-order valence-electron chi connectivity index (χ0n) is 17.1. The van der Waals surface area contributed by atoms with E-state index < -0.39 is 0 Å². The van der Waals surface area contributed by atoms with Crippen LogP contribution in [0.15, 0.2) is 72.4 Å². The van der Waals surface area contributed by atoms with Gasteiger partial charge in [-0.15, -0.1) is 11.3 Å². The van der Waals surface area contributed by atoms with Crippen molar-refractivity contribution in [3.05, 3.63) is 72.4 Å². The Hall–Kier alpha value is -3.29. The number of carbonyl (C=O) groups excluding carboxylic acids is 1. The second kappa shape index (κ2) is 8.83. The average molecular weight is 430 g/mol. The highest BCUT2D eigenvalue weighted by atomic mass is 32.1. The Labute approximate surface area is 185 Å². The number of amides is 1. The zero-order valence-corrected chi connectivity index (χ0v) is 17.9. The molecule has 1 aliphatic rings. The van der Waals surface area contributed by atoms with E-state index in [0.717, 1.165) is 59.0 Å². The van der Waals surface area contributed by atoms with Gasteiger partial charge in [0.15, 0.2) is 0 Å². The van der Waals surface area contributed by atoms with Crippen LogP contribution in [0.1, 0.15) is 0 Å². The molecule has 0 bridgehead atoms. The summed E-state index contributed by atoms with van der Waals surface area (Å²) in [4.78, 5) is 27.1. The minimum absolute atomic E-state index is 0.0130. The third-order valence-corrected chi connectivity index (χ3v) is 6.39. The maximum absolute atomic E-state index is 12.8. The summed E-state index contributed by atoms with van der Waals surface area (Å²) in [5, 5.41) is 6.27. The minimum Gasteiger partial charge on any atom is -0.353 e. The fourth-order valence-electron chi connectivity index (χ4n) is 4.00. The summed E-state index contributed by atoms with van der Waals surface area (Å²) in [6, 6.07) is 20.2. The molecule has 31 heavy (non-hydrogen) atoms. The molecule has 4 aromatic rings. The first-order valence-electron chi connectivity index (χ1n) is 10.4. The van der Waals surface area contributed by atoms with Gasteiger partial charge in [0.05, 0.1) is 11.9 Å². The van der Waals surface area contributed by atoms with Gasteiger partial charge in [0.25, 0.3) is 0 Å². The van der Waals surface area contributed by atoms with Crippen LogP contribution in [0.2, 0.25) is 0 Å². The molecule has 0 spiro atoms. The number of fused-ring (bicyclic) bond motifs is 1. The van der Waals surface area contributed by atoms with Crippen molar-refractivity contribution in [3.8, 4) is 11.1 Å². The summed E-state index contributed by atoms with van der Waals surface area (Å²) in [5.74, 6) is 1.01. The summed E-state index contributed by atoms with van der Waals surface area (Å²) in [5.41, 5.74) is 2.97. The van der Waals surface area contributed by atoms with Crippen LogP contribution in [0.5, 0.6) is 0 Å². The Kier molecular flexibility index (Phi) is 5.60. The van der Waals surface area contributed by atoms with Crippen molar-refractivity contribution in [1.29, 1.82) is 0 Å². The van der Waals surface area contributed by atoms with E-state index in [1.54, 1.807) is 17.7 Å². The van der Waals surface area contributed by atoms with Gasteiger partial charge in [-0.3, -0.25) is 9.69 Å². The number of carbonyl (C=O) groups is 1. The maximum Gasteiger partial charge on any atom is 0.238 e. The van der Waals surface area contributed by atoms with Gasteiger partial charge in [-0.25, -0.2) is 9.97 Å². The highest BCUT2D eigenvalue weighted by molar-refractivity contribution is 7.16. The van der Waals surface area contributed by atoms with Crippen LogP contribution < -0.4 is 10.2 Å². The van der Waals surface area contributed by atoms with Gasteiger partial charge < -0.3 is 10.2 Å². The zero-order chi connectivity index (χ0) is 21.0. The first kappa shape index (κ1) is 19.7. The second-order valence-electron chi connectivity index (χ2n) is 7.56. The number of aromatic nitrogens is 2. The topological polar surface area (TPSA) is 61.4 Å². The van der Waals surface area contributed by atoms with E-state index >= 15 is 0 Å². The molecule has 2 aromatic carbocycles. The number of nitrogens with one attached hydrogen (secondary N) is 1. The van der Waals surface area contributed by atoms with Crippen LogP contribution in [-0.4, -0.2) is 53.5 Å². The first-order valence-corrected chi connectivity index (χ1v) is 11.3. The number of benzene rings is 2. The lowest BCUT2D eigenvalue weighted by Crippen LogP contribution is -2.49. The molecule has 5 rings (SSSR count). The van der Waals surface area contributed by atoms with Crippen LogP contribution in [0.3, 0.4) is 0 Å². The quantitative estimate of drug-likeness (QED) is 0.517. The molecule has 6 nitrogen and oxygen atoms in total. The Morgan fingerprint density at radius 2 is 1.71 bits per heavy atom. The van der Waals surface area contributed by atoms with Crippen LogP contribution in [0, 0.1) is 0 Å². The largest absolute Gasteiger partial charge is 0.353 e. The van der Waals surface area contributed by atoms with Gasteiger partial charge >= 0.3 is 0 Å². The number of rotatable bonds is 5. The smallest absolute Gasteiger partial charge is 0.238 e. The van der Waals surface area contributed by atoms with Crippen molar-refractivity contribution in [2.75, 3.05) is 42.9 Å². The monoisotopic (exact) mass is 429 g/mol. The van der Waals surface area contributed by atoms with E-state index in [4.69, 9.17) is 0 Å². The van der Waals surface area contributed by atoms with E-state index in [9.17, 15) is 4.79 Å². The fourth-order valence-corrected chi connectivity index (χ4v) is 4.73. The van der Waals surface area contributed by atoms with Gasteiger partial charge in [-0.1, -0.05) is 48.5 Å². The van der Waals surface area contributed by atoms with Crippen LogP contribution in [0.25, 0.3) is 21.3 Å². The SMILES string of the molecule is O=C(CN1CCN(c2ncnc3sccc23)CC1)Nc1ccccc1-c1ccccc1. The molecule has 0 unspecified atom stereocenters. The van der Waals surface area contributed by atoms with Crippen molar-refractivity contribution < 1.29 is 4.79 Å². The van der Waals surface area contributed by atoms with E-state index in [-0.39, 0.29) is 5.91 Å². The normalized spacial score (nSPS) is 14.6. The number of hydrogen-bond donors (Lipinski definition) is 1. The highest BCUT2D eigenvalue weighted by Gasteiger charge is 2.22. The highest BCUT2D eigenvalue weighted by Crippen LogP contribution is 2.28. The second-order valence-corrected chi connectivity index (χ2v) is 8.45. The molecule has 3 heterocycles. The molecule has 1 aliphatic heterocycles. The lowest BCUT2D eigenvalue weighted by Gasteiger charge is -2.35. The van der Waals surface area contributed by atoms with Crippen LogP contribution in [-0.2, 0) is 4.79 Å². The van der Waals surface area contributed by atoms with Gasteiger partial charge in [0.1, 0.15) is 17.0 Å². The molecule has 0 aliphatic carbocycles. The molecule has 7 heteroatoms. The van der Waals surface area contributed by atoms with Crippen molar-refractivity contribution in [2.24, 2.45) is 0 Å². The molecule has 1 amide bonds. The van der Waals surface area contributed by atoms with Crippen molar-refractivity contribution in [3.63, 3.8) is 0 Å². The Bertz CT molecular complexity index is 1180. The predicted molar refractivity (Wildman–Crippen MR) is 127 cm³/mol. The number of hydrogen-bond acceptors (Lipinski definition) is 6. The standard InChI is InChI=1S/C24H23N5OS/c30-22(27-21-9-5-4-8-19(21)18-6-2-1-3-7-18)16-28-11-13-29(14-12-28)23-20-10-15-31-24(20)26-17-25-23/h1-10,15,17H,11-14,16H2,(H,27,30). The summed E-state index contributed by atoms with van der Waals surface area (Å²) in [7, 11) is 0. The lowest BCUT2D eigenvalue weighted by atomic mass is 10.0. The number of thiophene rings is 1. The molecule has 2 aromatic heterocycles. The van der Waals surface area contributed by atoms with E-state index in [2.05, 4.69) is 48.7 Å². The first-order chi connectivity index (χ1) is 15.3. The van der Waals surface area contributed by atoms with Gasteiger partial charge in [-0.2, -0.15) is 0 Å². The number of anilines is 2. The van der Waals surface area contributed by atoms with Crippen LogP contribution in [0.4, 0.5) is 11.5 Å². The van der Waals surface area contributed by atoms with Gasteiger partial charge in [0, 0.05) is 37.4 Å². The Morgan fingerprint density at radius 1 is 0.935 bits per heavy atom. The van der Waals surface area contributed by atoms with Gasteiger partial charge in [-0.05, 0) is 23.1 Å². The molecule has 0 atom stereocenters.